The third-order valence-corrected chi connectivity index (χ3v) is 4.48. The zero-order valence-corrected chi connectivity index (χ0v) is 13.3. The number of carbonyl (C=O) groups excluding carboxylic acids is 1. The molecule has 1 amide bonds. The van der Waals surface area contributed by atoms with E-state index in [2.05, 4.69) is 21.2 Å². The van der Waals surface area contributed by atoms with Gasteiger partial charge in [-0.3, -0.25) is 4.79 Å². The Balaban J connectivity index is 2.06. The zero-order valence-electron chi connectivity index (χ0n) is 11.7. The summed E-state index contributed by atoms with van der Waals surface area (Å²) in [7, 11) is 1.60. The van der Waals surface area contributed by atoms with E-state index in [9.17, 15) is 4.79 Å². The van der Waals surface area contributed by atoms with E-state index in [1.807, 2.05) is 18.2 Å². The lowest BCUT2D eigenvalue weighted by Crippen LogP contribution is -2.37. The Morgan fingerprint density at radius 1 is 1.35 bits per heavy atom. The van der Waals surface area contributed by atoms with Gasteiger partial charge in [-0.25, -0.2) is 0 Å². The summed E-state index contributed by atoms with van der Waals surface area (Å²) in [6.07, 6.45) is 5.18. The molecular formula is C15H21BrN2O2. The fourth-order valence-corrected chi connectivity index (χ4v) is 3.04. The fraction of sp³-hybridized carbons (Fsp3) is 0.533. The monoisotopic (exact) mass is 340 g/mol. The highest BCUT2D eigenvalue weighted by Gasteiger charge is 2.27. The van der Waals surface area contributed by atoms with Gasteiger partial charge in [0.1, 0.15) is 5.75 Å². The van der Waals surface area contributed by atoms with Gasteiger partial charge in [0, 0.05) is 17.8 Å². The molecule has 1 aliphatic rings. The lowest BCUT2D eigenvalue weighted by molar-refractivity contribution is -0.120. The molecule has 1 aliphatic carbocycles. The molecule has 2 rings (SSSR count). The molecule has 5 heteroatoms. The Hall–Kier alpha value is -1.07. The van der Waals surface area contributed by atoms with Crippen molar-refractivity contribution in [2.45, 2.75) is 38.1 Å². The van der Waals surface area contributed by atoms with Crippen LogP contribution in [0.5, 0.6) is 5.75 Å². The van der Waals surface area contributed by atoms with Crippen molar-refractivity contribution >= 4 is 27.5 Å². The largest absolute Gasteiger partial charge is 0.495 e. The molecule has 0 spiro atoms. The summed E-state index contributed by atoms with van der Waals surface area (Å²) in [5.74, 6) is 0.629. The van der Waals surface area contributed by atoms with E-state index in [0.29, 0.717) is 5.75 Å². The molecule has 2 atom stereocenters. The number of amides is 1. The van der Waals surface area contributed by atoms with Crippen LogP contribution >= 0.6 is 15.9 Å². The van der Waals surface area contributed by atoms with E-state index in [4.69, 9.17) is 10.5 Å². The number of halogens is 1. The average Bonchev–Trinajstić information content (AvgIpc) is 2.65. The summed E-state index contributed by atoms with van der Waals surface area (Å²) in [5, 5.41) is 2.95. The number of hydrogen-bond acceptors (Lipinski definition) is 3. The van der Waals surface area contributed by atoms with Crippen molar-refractivity contribution in [1.82, 2.24) is 0 Å². The van der Waals surface area contributed by atoms with Gasteiger partial charge in [-0.1, -0.05) is 19.3 Å². The van der Waals surface area contributed by atoms with E-state index in [-0.39, 0.29) is 17.9 Å². The third kappa shape index (κ3) is 3.73. The maximum absolute atomic E-state index is 12.4. The quantitative estimate of drug-likeness (QED) is 0.829. The first-order valence-corrected chi connectivity index (χ1v) is 7.81. The smallest absolute Gasteiger partial charge is 0.229 e. The summed E-state index contributed by atoms with van der Waals surface area (Å²) in [6, 6.07) is 5.49. The standard InChI is InChI=1S/C15H21BrN2O2/c1-20-14-9-10(7-8-12(14)16)18-15(19)11-5-3-2-4-6-13(11)17/h7-9,11,13H,2-6,17H2,1H3,(H,18,19). The van der Waals surface area contributed by atoms with Crippen LogP contribution in [0.1, 0.15) is 32.1 Å². The molecule has 1 fully saturated rings. The van der Waals surface area contributed by atoms with Crippen LogP contribution in [0, 0.1) is 5.92 Å². The van der Waals surface area contributed by atoms with Crippen LogP contribution in [0.2, 0.25) is 0 Å². The lowest BCUT2D eigenvalue weighted by Gasteiger charge is -2.20. The SMILES string of the molecule is COc1cc(NC(=O)C2CCCCCC2N)ccc1Br. The third-order valence-electron chi connectivity index (χ3n) is 3.82. The van der Waals surface area contributed by atoms with Crippen molar-refractivity contribution in [2.75, 3.05) is 12.4 Å². The number of nitrogens with one attached hydrogen (secondary N) is 1. The number of methoxy groups -OCH3 is 1. The number of hydrogen-bond donors (Lipinski definition) is 2. The Bertz CT molecular complexity index is 479. The second-order valence-electron chi connectivity index (χ2n) is 5.25. The minimum Gasteiger partial charge on any atom is -0.495 e. The molecule has 0 bridgehead atoms. The number of benzene rings is 1. The van der Waals surface area contributed by atoms with Crippen LogP contribution in [0.15, 0.2) is 22.7 Å². The van der Waals surface area contributed by atoms with Crippen molar-refractivity contribution in [3.05, 3.63) is 22.7 Å². The van der Waals surface area contributed by atoms with Gasteiger partial charge in [-0.05, 0) is 40.9 Å². The lowest BCUT2D eigenvalue weighted by atomic mass is 9.94. The second-order valence-corrected chi connectivity index (χ2v) is 6.10. The van der Waals surface area contributed by atoms with Gasteiger partial charge in [-0.2, -0.15) is 0 Å². The number of rotatable bonds is 3. The van der Waals surface area contributed by atoms with Crippen LogP contribution < -0.4 is 15.8 Å². The van der Waals surface area contributed by atoms with Crippen molar-refractivity contribution in [3.8, 4) is 5.75 Å². The predicted octanol–water partition coefficient (Wildman–Crippen LogP) is 3.30. The van der Waals surface area contributed by atoms with E-state index < -0.39 is 0 Å². The first kappa shape index (κ1) is 15.3. The van der Waals surface area contributed by atoms with Gasteiger partial charge in [0.25, 0.3) is 0 Å². The van der Waals surface area contributed by atoms with Crippen molar-refractivity contribution in [1.29, 1.82) is 0 Å². The number of ether oxygens (including phenoxy) is 1. The molecule has 0 heterocycles. The van der Waals surface area contributed by atoms with E-state index in [1.165, 1.54) is 6.42 Å². The molecule has 1 aromatic rings. The van der Waals surface area contributed by atoms with Gasteiger partial charge < -0.3 is 15.8 Å². The van der Waals surface area contributed by atoms with E-state index >= 15 is 0 Å². The Labute approximate surface area is 128 Å². The molecule has 2 unspecified atom stereocenters. The molecule has 1 saturated carbocycles. The van der Waals surface area contributed by atoms with Gasteiger partial charge in [0.05, 0.1) is 17.5 Å². The first-order valence-electron chi connectivity index (χ1n) is 7.02. The zero-order chi connectivity index (χ0) is 14.5. The van der Waals surface area contributed by atoms with E-state index in [0.717, 1.165) is 35.8 Å². The molecular weight excluding hydrogens is 320 g/mol. The molecule has 1 aromatic carbocycles. The minimum absolute atomic E-state index is 0.0174. The molecule has 0 radical (unpaired) electrons. The van der Waals surface area contributed by atoms with Crippen LogP contribution in [-0.4, -0.2) is 19.1 Å². The summed E-state index contributed by atoms with van der Waals surface area (Å²) in [6.45, 7) is 0. The summed E-state index contributed by atoms with van der Waals surface area (Å²) >= 11 is 3.40. The van der Waals surface area contributed by atoms with E-state index in [1.54, 1.807) is 7.11 Å². The van der Waals surface area contributed by atoms with Crippen molar-refractivity contribution in [2.24, 2.45) is 11.7 Å². The molecule has 0 saturated heterocycles. The Kier molecular flexibility index (Phi) is 5.43. The average molecular weight is 341 g/mol. The predicted molar refractivity (Wildman–Crippen MR) is 83.9 cm³/mol. The maximum atomic E-state index is 12.4. The Morgan fingerprint density at radius 2 is 2.10 bits per heavy atom. The van der Waals surface area contributed by atoms with Gasteiger partial charge in [0.15, 0.2) is 0 Å². The summed E-state index contributed by atoms with van der Waals surface area (Å²) < 4.78 is 6.10. The normalized spacial score (nSPS) is 22.9. The number of carbonyl (C=O) groups is 1. The van der Waals surface area contributed by atoms with Crippen LogP contribution in [0.3, 0.4) is 0 Å². The van der Waals surface area contributed by atoms with Crippen LogP contribution in [0.4, 0.5) is 5.69 Å². The molecule has 3 N–H and O–H groups in total. The highest BCUT2D eigenvalue weighted by atomic mass is 79.9. The molecule has 0 aliphatic heterocycles. The molecule has 0 aromatic heterocycles. The topological polar surface area (TPSA) is 64.3 Å². The maximum Gasteiger partial charge on any atom is 0.229 e. The molecule has 20 heavy (non-hydrogen) atoms. The number of anilines is 1. The van der Waals surface area contributed by atoms with Gasteiger partial charge >= 0.3 is 0 Å². The highest BCUT2D eigenvalue weighted by Crippen LogP contribution is 2.29. The molecule has 4 nitrogen and oxygen atoms in total. The van der Waals surface area contributed by atoms with Crippen LogP contribution in [0.25, 0.3) is 0 Å². The summed E-state index contributed by atoms with van der Waals surface area (Å²) in [5.41, 5.74) is 6.86. The molecule has 110 valence electrons. The van der Waals surface area contributed by atoms with Crippen molar-refractivity contribution < 1.29 is 9.53 Å². The van der Waals surface area contributed by atoms with Gasteiger partial charge in [-0.15, -0.1) is 0 Å². The fourth-order valence-electron chi connectivity index (χ4n) is 2.63. The minimum atomic E-state index is -0.0906. The van der Waals surface area contributed by atoms with Gasteiger partial charge in [0.2, 0.25) is 5.91 Å². The second kappa shape index (κ2) is 7.09. The van der Waals surface area contributed by atoms with Crippen molar-refractivity contribution in [3.63, 3.8) is 0 Å². The number of nitrogens with two attached hydrogens (primary N) is 1. The Morgan fingerprint density at radius 3 is 2.85 bits per heavy atom. The highest BCUT2D eigenvalue weighted by molar-refractivity contribution is 9.10. The summed E-state index contributed by atoms with van der Waals surface area (Å²) in [4.78, 5) is 12.4. The first-order chi connectivity index (χ1) is 9.61. The van der Waals surface area contributed by atoms with Crippen LogP contribution in [-0.2, 0) is 4.79 Å².